The van der Waals surface area contributed by atoms with Gasteiger partial charge in [-0.3, -0.25) is 9.59 Å². The Labute approximate surface area is 113 Å². The molecule has 102 valence electrons. The molecule has 1 aromatic carbocycles. The SMILES string of the molecule is Cn1cc(C(=O)C=Cc2cc(F)cc(F)c2)ccc1=O. The van der Waals surface area contributed by atoms with Crippen molar-refractivity contribution < 1.29 is 13.6 Å². The van der Waals surface area contributed by atoms with Gasteiger partial charge in [0, 0.05) is 30.9 Å². The van der Waals surface area contributed by atoms with Gasteiger partial charge in [-0.1, -0.05) is 6.08 Å². The zero-order valence-corrected chi connectivity index (χ0v) is 10.6. The Bertz CT molecular complexity index is 728. The van der Waals surface area contributed by atoms with Crippen molar-refractivity contribution in [1.29, 1.82) is 0 Å². The van der Waals surface area contributed by atoms with Gasteiger partial charge < -0.3 is 4.57 Å². The second-order valence-corrected chi connectivity index (χ2v) is 4.27. The van der Waals surface area contributed by atoms with Gasteiger partial charge in [-0.05, 0) is 29.8 Å². The van der Waals surface area contributed by atoms with E-state index in [1.165, 1.54) is 42.1 Å². The average Bonchev–Trinajstić information content (AvgIpc) is 2.38. The molecule has 3 nitrogen and oxygen atoms in total. The number of pyridine rings is 1. The molecule has 0 atom stereocenters. The van der Waals surface area contributed by atoms with Gasteiger partial charge in [0.2, 0.25) is 5.56 Å². The third kappa shape index (κ3) is 3.26. The number of carbonyl (C=O) groups excluding carboxylic acids is 1. The first-order chi connectivity index (χ1) is 9.45. The van der Waals surface area contributed by atoms with Crippen LogP contribution in [0.15, 0.2) is 47.4 Å². The number of halogens is 2. The van der Waals surface area contributed by atoms with Crippen molar-refractivity contribution in [2.45, 2.75) is 0 Å². The van der Waals surface area contributed by atoms with Crippen LogP contribution in [0.5, 0.6) is 0 Å². The van der Waals surface area contributed by atoms with E-state index in [9.17, 15) is 18.4 Å². The predicted molar refractivity (Wildman–Crippen MR) is 71.4 cm³/mol. The molecular weight excluding hydrogens is 264 g/mol. The molecule has 0 aliphatic heterocycles. The zero-order chi connectivity index (χ0) is 14.7. The molecule has 0 aliphatic carbocycles. The first kappa shape index (κ1) is 13.9. The second kappa shape index (κ2) is 5.61. The van der Waals surface area contributed by atoms with E-state index in [1.54, 1.807) is 0 Å². The van der Waals surface area contributed by atoms with Crippen LogP contribution in [0.4, 0.5) is 8.78 Å². The molecule has 20 heavy (non-hydrogen) atoms. The molecule has 0 bridgehead atoms. The number of hydrogen-bond acceptors (Lipinski definition) is 2. The molecular formula is C15H11F2NO2. The number of aryl methyl sites for hydroxylation is 1. The minimum absolute atomic E-state index is 0.224. The van der Waals surface area contributed by atoms with Gasteiger partial charge in [-0.2, -0.15) is 0 Å². The van der Waals surface area contributed by atoms with Crippen LogP contribution in [0.1, 0.15) is 15.9 Å². The summed E-state index contributed by atoms with van der Waals surface area (Å²) in [5.41, 5.74) is 0.346. The number of hydrogen-bond donors (Lipinski definition) is 0. The summed E-state index contributed by atoms with van der Waals surface area (Å²) >= 11 is 0. The zero-order valence-electron chi connectivity index (χ0n) is 10.6. The summed E-state index contributed by atoms with van der Waals surface area (Å²) in [5, 5.41) is 0. The third-order valence-electron chi connectivity index (χ3n) is 2.68. The molecule has 2 rings (SSSR count). The average molecular weight is 275 g/mol. The van der Waals surface area contributed by atoms with Crippen LogP contribution in [-0.2, 0) is 7.05 Å². The fourth-order valence-corrected chi connectivity index (χ4v) is 1.68. The van der Waals surface area contributed by atoms with Crippen molar-refractivity contribution in [2.75, 3.05) is 0 Å². The third-order valence-corrected chi connectivity index (χ3v) is 2.68. The summed E-state index contributed by atoms with van der Waals surface area (Å²) in [6.07, 6.45) is 3.93. The molecule has 1 aromatic heterocycles. The van der Waals surface area contributed by atoms with Gasteiger partial charge in [0.05, 0.1) is 0 Å². The fourth-order valence-electron chi connectivity index (χ4n) is 1.68. The van der Waals surface area contributed by atoms with Crippen LogP contribution in [-0.4, -0.2) is 10.4 Å². The van der Waals surface area contributed by atoms with Crippen LogP contribution in [0.3, 0.4) is 0 Å². The summed E-state index contributed by atoms with van der Waals surface area (Å²) in [7, 11) is 1.53. The van der Waals surface area contributed by atoms with Crippen LogP contribution >= 0.6 is 0 Å². The lowest BCUT2D eigenvalue weighted by Gasteiger charge is -2.00. The monoisotopic (exact) mass is 275 g/mol. The molecule has 0 radical (unpaired) electrons. The number of carbonyl (C=O) groups is 1. The minimum atomic E-state index is -0.709. The van der Waals surface area contributed by atoms with Crippen molar-refractivity contribution in [3.8, 4) is 0 Å². The smallest absolute Gasteiger partial charge is 0.250 e. The van der Waals surface area contributed by atoms with Gasteiger partial charge in [0.1, 0.15) is 11.6 Å². The van der Waals surface area contributed by atoms with Gasteiger partial charge >= 0.3 is 0 Å². The highest BCUT2D eigenvalue weighted by Crippen LogP contribution is 2.10. The molecule has 0 amide bonds. The molecule has 1 heterocycles. The van der Waals surface area contributed by atoms with E-state index in [-0.39, 0.29) is 16.9 Å². The first-order valence-corrected chi connectivity index (χ1v) is 5.81. The summed E-state index contributed by atoms with van der Waals surface area (Å²) in [6.45, 7) is 0. The molecule has 0 spiro atoms. The molecule has 5 heteroatoms. The molecule has 0 aliphatic rings. The van der Waals surface area contributed by atoms with Crippen molar-refractivity contribution in [1.82, 2.24) is 4.57 Å². The van der Waals surface area contributed by atoms with E-state index in [1.807, 2.05) is 0 Å². The molecule has 0 saturated carbocycles. The van der Waals surface area contributed by atoms with E-state index in [0.29, 0.717) is 5.56 Å². The van der Waals surface area contributed by atoms with E-state index in [2.05, 4.69) is 0 Å². The largest absolute Gasteiger partial charge is 0.318 e. The van der Waals surface area contributed by atoms with Crippen LogP contribution < -0.4 is 5.56 Å². The van der Waals surface area contributed by atoms with E-state index >= 15 is 0 Å². The summed E-state index contributed by atoms with van der Waals surface area (Å²) < 4.78 is 27.2. The Balaban J connectivity index is 2.24. The number of benzene rings is 1. The Kier molecular flexibility index (Phi) is 3.89. The lowest BCUT2D eigenvalue weighted by Crippen LogP contribution is -2.15. The number of rotatable bonds is 3. The minimum Gasteiger partial charge on any atom is -0.318 e. The Morgan fingerprint density at radius 2 is 1.80 bits per heavy atom. The maximum atomic E-state index is 13.0. The molecule has 2 aromatic rings. The maximum Gasteiger partial charge on any atom is 0.250 e. The summed E-state index contributed by atoms with van der Waals surface area (Å²) in [4.78, 5) is 23.1. The van der Waals surface area contributed by atoms with Crippen LogP contribution in [0, 0.1) is 11.6 Å². The predicted octanol–water partition coefficient (Wildman–Crippen LogP) is 2.56. The van der Waals surface area contributed by atoms with E-state index in [4.69, 9.17) is 0 Å². The van der Waals surface area contributed by atoms with Gasteiger partial charge in [-0.25, -0.2) is 8.78 Å². The number of allylic oxidation sites excluding steroid dienone is 1. The normalized spacial score (nSPS) is 10.9. The molecule has 0 saturated heterocycles. The maximum absolute atomic E-state index is 13.0. The standard InChI is InChI=1S/C15H11F2NO2/c1-18-9-11(3-5-15(18)20)14(19)4-2-10-6-12(16)8-13(17)7-10/h2-9H,1H3. The number of aromatic nitrogens is 1. The quantitative estimate of drug-likeness (QED) is 0.638. The van der Waals surface area contributed by atoms with Crippen molar-refractivity contribution in [3.63, 3.8) is 0 Å². The highest BCUT2D eigenvalue weighted by molar-refractivity contribution is 6.06. The lowest BCUT2D eigenvalue weighted by molar-refractivity contribution is 0.104. The second-order valence-electron chi connectivity index (χ2n) is 4.27. The molecule has 0 unspecified atom stereocenters. The summed E-state index contributed by atoms with van der Waals surface area (Å²) in [6, 6.07) is 5.68. The first-order valence-electron chi connectivity index (χ1n) is 5.81. The fraction of sp³-hybridized carbons (Fsp3) is 0.0667. The molecule has 0 fully saturated rings. The van der Waals surface area contributed by atoms with Crippen molar-refractivity contribution in [2.24, 2.45) is 7.05 Å². The van der Waals surface area contributed by atoms with E-state index < -0.39 is 11.6 Å². The summed E-state index contributed by atoms with van der Waals surface area (Å²) in [5.74, 6) is -1.77. The lowest BCUT2D eigenvalue weighted by atomic mass is 10.1. The number of nitrogens with zero attached hydrogens (tertiary/aromatic N) is 1. The topological polar surface area (TPSA) is 39.1 Å². The van der Waals surface area contributed by atoms with Gasteiger partial charge in [0.25, 0.3) is 0 Å². The Hall–Kier alpha value is -2.56. The van der Waals surface area contributed by atoms with Crippen LogP contribution in [0.2, 0.25) is 0 Å². The highest BCUT2D eigenvalue weighted by atomic mass is 19.1. The van der Waals surface area contributed by atoms with Crippen LogP contribution in [0.25, 0.3) is 6.08 Å². The van der Waals surface area contributed by atoms with Gasteiger partial charge in [0.15, 0.2) is 5.78 Å². The Morgan fingerprint density at radius 1 is 1.15 bits per heavy atom. The highest BCUT2D eigenvalue weighted by Gasteiger charge is 2.03. The van der Waals surface area contributed by atoms with E-state index in [0.717, 1.165) is 18.2 Å². The Morgan fingerprint density at radius 3 is 2.40 bits per heavy atom. The van der Waals surface area contributed by atoms with Gasteiger partial charge in [-0.15, -0.1) is 0 Å². The van der Waals surface area contributed by atoms with Crippen molar-refractivity contribution in [3.05, 3.63) is 75.7 Å². The molecule has 0 N–H and O–H groups in total. The number of ketones is 1. The van der Waals surface area contributed by atoms with Crippen molar-refractivity contribution >= 4 is 11.9 Å².